The lowest BCUT2D eigenvalue weighted by Gasteiger charge is -2.21. The molecule has 0 saturated carbocycles. The van der Waals surface area contributed by atoms with Gasteiger partial charge in [-0.25, -0.2) is 5.01 Å². The lowest BCUT2D eigenvalue weighted by atomic mass is 10.5. The van der Waals surface area contributed by atoms with Crippen molar-refractivity contribution in [1.29, 1.82) is 0 Å². The van der Waals surface area contributed by atoms with E-state index in [4.69, 9.17) is 17.2 Å². The van der Waals surface area contributed by atoms with Gasteiger partial charge in [-0.2, -0.15) is 0 Å². The lowest BCUT2D eigenvalue weighted by Crippen LogP contribution is -2.46. The van der Waals surface area contributed by atoms with Gasteiger partial charge in [0.25, 0.3) is 0 Å². The summed E-state index contributed by atoms with van der Waals surface area (Å²) < 4.78 is 0. The fourth-order valence-electron chi connectivity index (χ4n) is 1.11. The van der Waals surface area contributed by atoms with Crippen LogP contribution in [-0.2, 0) is 0 Å². The molecule has 0 aliphatic heterocycles. The number of nitrogens with zero attached hydrogens (tertiary/aromatic N) is 1. The molecular weight excluding hydrogens is 180 g/mol. The summed E-state index contributed by atoms with van der Waals surface area (Å²) in [5, 5.41) is 5.24. The molecule has 0 aliphatic carbocycles. The van der Waals surface area contributed by atoms with E-state index in [2.05, 4.69) is 10.7 Å². The topological polar surface area (TPSA) is 105 Å². The Balaban J connectivity index is 3.30. The summed E-state index contributed by atoms with van der Waals surface area (Å²) in [6.07, 6.45) is 0. The highest BCUT2D eigenvalue weighted by Gasteiger charge is 1.99. The molecule has 0 aliphatic rings. The van der Waals surface area contributed by atoms with Crippen LogP contribution in [0.25, 0.3) is 0 Å². The Hall–Kier alpha value is -0.240. The highest BCUT2D eigenvalue weighted by atomic mass is 15.5. The zero-order valence-corrected chi connectivity index (χ0v) is 8.84. The summed E-state index contributed by atoms with van der Waals surface area (Å²) in [6.45, 7) is 6.25. The van der Waals surface area contributed by atoms with Gasteiger partial charge < -0.3 is 22.5 Å². The number of nitrogens with two attached hydrogens (primary N) is 3. The van der Waals surface area contributed by atoms with E-state index in [-0.39, 0.29) is 0 Å². The van der Waals surface area contributed by atoms with Crippen LogP contribution in [0.1, 0.15) is 0 Å². The van der Waals surface area contributed by atoms with Gasteiger partial charge in [0.05, 0.1) is 0 Å². The average Bonchev–Trinajstić information content (AvgIpc) is 2.18. The molecule has 8 N–H and O–H groups in total. The largest absolute Gasteiger partial charge is 0.329 e. The molecule has 0 aromatic rings. The van der Waals surface area contributed by atoms with Crippen LogP contribution in [-0.4, -0.2) is 57.4 Å². The molecule has 0 unspecified atom stereocenters. The molecule has 0 saturated heterocycles. The molecular formula is C8H24N6. The summed E-state index contributed by atoms with van der Waals surface area (Å²) in [4.78, 5) is 0. The van der Waals surface area contributed by atoms with E-state index >= 15 is 0 Å². The lowest BCUT2D eigenvalue weighted by molar-refractivity contribution is 0.199. The number of nitrogens with one attached hydrogen (secondary N) is 2. The standard InChI is InChI=1S/C8H24N6/c9-1-4-12-5-6-13-14(7-2-10)8-3-11/h12-13H,1-11H2. The smallest absolute Gasteiger partial charge is 0.0254 e. The van der Waals surface area contributed by atoms with E-state index in [1.54, 1.807) is 0 Å². The Morgan fingerprint density at radius 1 is 0.786 bits per heavy atom. The van der Waals surface area contributed by atoms with Crippen molar-refractivity contribution >= 4 is 0 Å². The zero-order valence-electron chi connectivity index (χ0n) is 8.84. The molecule has 0 aromatic carbocycles. The quantitative estimate of drug-likeness (QED) is 0.195. The molecule has 0 aromatic heterocycles. The molecule has 0 rings (SSSR count). The van der Waals surface area contributed by atoms with Gasteiger partial charge in [-0.15, -0.1) is 0 Å². The van der Waals surface area contributed by atoms with Gasteiger partial charge in [0, 0.05) is 52.4 Å². The Morgan fingerprint density at radius 2 is 1.43 bits per heavy atom. The molecule has 0 heterocycles. The van der Waals surface area contributed by atoms with E-state index in [1.165, 1.54) is 0 Å². The summed E-state index contributed by atoms with van der Waals surface area (Å²) in [6, 6.07) is 0. The molecule has 0 spiro atoms. The maximum atomic E-state index is 5.46. The summed E-state index contributed by atoms with van der Waals surface area (Å²) in [5.74, 6) is 0. The summed E-state index contributed by atoms with van der Waals surface area (Å²) >= 11 is 0. The van der Waals surface area contributed by atoms with Crippen LogP contribution in [0.4, 0.5) is 0 Å². The van der Waals surface area contributed by atoms with Crippen LogP contribution in [0.5, 0.6) is 0 Å². The molecule has 0 amide bonds. The third-order valence-electron chi connectivity index (χ3n) is 1.76. The van der Waals surface area contributed by atoms with E-state index < -0.39 is 0 Å². The molecule has 0 bridgehead atoms. The van der Waals surface area contributed by atoms with Crippen molar-refractivity contribution in [3.63, 3.8) is 0 Å². The molecule has 14 heavy (non-hydrogen) atoms. The van der Waals surface area contributed by atoms with Crippen LogP contribution in [0.2, 0.25) is 0 Å². The van der Waals surface area contributed by atoms with E-state index in [0.717, 1.165) is 32.7 Å². The molecule has 0 fully saturated rings. The Labute approximate surface area is 86.1 Å². The minimum absolute atomic E-state index is 0.642. The van der Waals surface area contributed by atoms with E-state index in [0.29, 0.717) is 19.6 Å². The van der Waals surface area contributed by atoms with Gasteiger partial charge >= 0.3 is 0 Å². The fraction of sp³-hybridized carbons (Fsp3) is 1.00. The van der Waals surface area contributed by atoms with Crippen LogP contribution in [0, 0.1) is 0 Å². The van der Waals surface area contributed by atoms with E-state index in [1.807, 2.05) is 5.01 Å². The second-order valence-electron chi connectivity index (χ2n) is 3.01. The van der Waals surface area contributed by atoms with Gasteiger partial charge in [0.1, 0.15) is 0 Å². The molecule has 0 radical (unpaired) electrons. The maximum Gasteiger partial charge on any atom is 0.0254 e. The second-order valence-corrected chi connectivity index (χ2v) is 3.01. The average molecular weight is 204 g/mol. The summed E-state index contributed by atoms with van der Waals surface area (Å²) in [7, 11) is 0. The van der Waals surface area contributed by atoms with Gasteiger partial charge in [0.15, 0.2) is 0 Å². The normalized spacial score (nSPS) is 11.1. The SMILES string of the molecule is NCCNCCNN(CCN)CCN. The van der Waals surface area contributed by atoms with Crippen molar-refractivity contribution in [2.45, 2.75) is 0 Å². The van der Waals surface area contributed by atoms with Crippen LogP contribution in [0.15, 0.2) is 0 Å². The molecule has 6 nitrogen and oxygen atoms in total. The second kappa shape index (κ2) is 10.8. The Kier molecular flexibility index (Phi) is 10.7. The van der Waals surface area contributed by atoms with Gasteiger partial charge in [0.2, 0.25) is 0 Å². The van der Waals surface area contributed by atoms with Gasteiger partial charge in [-0.3, -0.25) is 5.43 Å². The number of hydrogen-bond donors (Lipinski definition) is 5. The Bertz CT molecular complexity index is 104. The van der Waals surface area contributed by atoms with Crippen molar-refractivity contribution in [3.05, 3.63) is 0 Å². The first kappa shape index (κ1) is 13.8. The minimum atomic E-state index is 0.642. The van der Waals surface area contributed by atoms with Crippen LogP contribution >= 0.6 is 0 Å². The fourth-order valence-corrected chi connectivity index (χ4v) is 1.11. The number of hydrogen-bond acceptors (Lipinski definition) is 6. The van der Waals surface area contributed by atoms with Crippen molar-refractivity contribution in [2.24, 2.45) is 17.2 Å². The van der Waals surface area contributed by atoms with E-state index in [9.17, 15) is 0 Å². The predicted octanol–water partition coefficient (Wildman–Crippen LogP) is -2.74. The van der Waals surface area contributed by atoms with Crippen molar-refractivity contribution in [2.75, 3.05) is 52.4 Å². The van der Waals surface area contributed by atoms with Crippen molar-refractivity contribution in [3.8, 4) is 0 Å². The molecule has 0 atom stereocenters. The zero-order chi connectivity index (χ0) is 10.6. The number of rotatable bonds is 10. The van der Waals surface area contributed by atoms with Crippen molar-refractivity contribution in [1.82, 2.24) is 15.8 Å². The first-order valence-corrected chi connectivity index (χ1v) is 5.14. The predicted molar refractivity (Wildman–Crippen MR) is 59.6 cm³/mol. The third-order valence-corrected chi connectivity index (χ3v) is 1.76. The third kappa shape index (κ3) is 8.36. The Morgan fingerprint density at radius 3 is 1.93 bits per heavy atom. The van der Waals surface area contributed by atoms with Gasteiger partial charge in [-0.05, 0) is 0 Å². The molecule has 6 heteroatoms. The first-order chi connectivity index (χ1) is 6.85. The first-order valence-electron chi connectivity index (χ1n) is 5.14. The van der Waals surface area contributed by atoms with Crippen molar-refractivity contribution < 1.29 is 0 Å². The van der Waals surface area contributed by atoms with Crippen LogP contribution in [0.3, 0.4) is 0 Å². The monoisotopic (exact) mass is 204 g/mol. The summed E-state index contributed by atoms with van der Waals surface area (Å²) in [5.41, 5.74) is 19.5. The highest BCUT2D eigenvalue weighted by molar-refractivity contribution is 4.56. The highest BCUT2D eigenvalue weighted by Crippen LogP contribution is 1.77. The minimum Gasteiger partial charge on any atom is -0.329 e. The van der Waals surface area contributed by atoms with Crippen LogP contribution < -0.4 is 27.9 Å². The number of hydrazine groups is 1. The maximum absolute atomic E-state index is 5.46. The van der Waals surface area contributed by atoms with Gasteiger partial charge in [-0.1, -0.05) is 0 Å². The molecule has 86 valence electrons.